The number of likely N-dealkylation sites (tertiary alicyclic amines) is 1. The molecule has 164 valence electrons. The van der Waals surface area contributed by atoms with Crippen LogP contribution in [0.5, 0.6) is 0 Å². The maximum absolute atomic E-state index is 12.8. The topological polar surface area (TPSA) is 83.3 Å². The molecule has 2 aliphatic heterocycles. The average Bonchev–Trinajstić information content (AvgIpc) is 3.44. The number of carbonyl (C=O) groups excluding carboxylic acids is 3. The third-order valence-electron chi connectivity index (χ3n) is 5.83. The zero-order valence-electron chi connectivity index (χ0n) is 17.6. The molecule has 2 aliphatic rings. The largest absolute Gasteiger partial charge is 0.467 e. The minimum Gasteiger partial charge on any atom is -0.467 e. The molecule has 2 atom stereocenters. The monoisotopic (exact) mass is 425 g/mol. The molecule has 0 bridgehead atoms. The highest BCUT2D eigenvalue weighted by Gasteiger charge is 2.37. The number of rotatable bonds is 6. The number of ether oxygens (including phenoxy) is 1. The summed E-state index contributed by atoms with van der Waals surface area (Å²) >= 11 is 0. The molecule has 2 aromatic rings. The van der Waals surface area contributed by atoms with Gasteiger partial charge in [0, 0.05) is 44.8 Å². The Hall–Kier alpha value is -3.29. The molecule has 2 saturated heterocycles. The number of hydrogen-bond acceptors (Lipinski definition) is 6. The van der Waals surface area contributed by atoms with Crippen LogP contribution in [0.1, 0.15) is 19.1 Å². The van der Waals surface area contributed by atoms with Gasteiger partial charge in [-0.2, -0.15) is 0 Å². The summed E-state index contributed by atoms with van der Waals surface area (Å²) in [5, 5.41) is 0. The molecule has 1 aromatic carbocycles. The third-order valence-corrected chi connectivity index (χ3v) is 5.83. The van der Waals surface area contributed by atoms with Crippen LogP contribution in [0.15, 0.2) is 53.1 Å². The van der Waals surface area contributed by atoms with Crippen LogP contribution >= 0.6 is 0 Å². The molecule has 4 rings (SSSR count). The van der Waals surface area contributed by atoms with Gasteiger partial charge in [-0.15, -0.1) is 0 Å². The highest BCUT2D eigenvalue weighted by molar-refractivity contribution is 5.89. The predicted octanol–water partition coefficient (Wildman–Crippen LogP) is 1.91. The molecule has 2 fully saturated rings. The first-order valence-electron chi connectivity index (χ1n) is 10.6. The minimum atomic E-state index is -0.870. The Balaban J connectivity index is 1.25. The Kier molecular flexibility index (Phi) is 6.25. The Bertz CT molecular complexity index is 907. The first-order chi connectivity index (χ1) is 15.0. The number of nitrogens with zero attached hydrogens (tertiary/aromatic N) is 3. The molecular formula is C23H27N3O5. The van der Waals surface area contributed by atoms with Crippen LogP contribution in [-0.2, 0) is 25.7 Å². The van der Waals surface area contributed by atoms with Gasteiger partial charge in [0.1, 0.15) is 5.76 Å². The van der Waals surface area contributed by atoms with Crippen molar-refractivity contribution in [2.24, 2.45) is 5.92 Å². The highest BCUT2D eigenvalue weighted by Crippen LogP contribution is 2.22. The van der Waals surface area contributed by atoms with Crippen LogP contribution in [0.25, 0.3) is 0 Å². The third kappa shape index (κ3) is 4.90. The second-order valence-corrected chi connectivity index (χ2v) is 7.98. The zero-order valence-corrected chi connectivity index (χ0v) is 17.6. The van der Waals surface area contributed by atoms with Crippen LogP contribution in [0.4, 0.5) is 5.69 Å². The molecule has 0 spiro atoms. The number of benzene rings is 1. The van der Waals surface area contributed by atoms with Gasteiger partial charge in [0.05, 0.1) is 18.7 Å². The van der Waals surface area contributed by atoms with E-state index < -0.39 is 18.0 Å². The summed E-state index contributed by atoms with van der Waals surface area (Å²) in [7, 11) is 0. The van der Waals surface area contributed by atoms with Gasteiger partial charge in [-0.25, -0.2) is 0 Å². The SMILES string of the molecule is C[C@@H](OC(=O)[C@H]1CC(=O)N(Cc2ccco2)C1)C(=O)N1CCN(c2ccccc2)CC1. The maximum atomic E-state index is 12.8. The van der Waals surface area contributed by atoms with E-state index in [9.17, 15) is 14.4 Å². The number of hydrogen-bond donors (Lipinski definition) is 0. The molecule has 0 saturated carbocycles. The smallest absolute Gasteiger partial charge is 0.312 e. The molecule has 8 heteroatoms. The lowest BCUT2D eigenvalue weighted by Gasteiger charge is -2.37. The van der Waals surface area contributed by atoms with Crippen LogP contribution < -0.4 is 4.90 Å². The van der Waals surface area contributed by atoms with Gasteiger partial charge < -0.3 is 23.9 Å². The van der Waals surface area contributed by atoms with Crippen molar-refractivity contribution in [1.82, 2.24) is 9.80 Å². The Labute approximate surface area is 181 Å². The van der Waals surface area contributed by atoms with Gasteiger partial charge in [0.15, 0.2) is 6.10 Å². The fourth-order valence-electron chi connectivity index (χ4n) is 4.08. The van der Waals surface area contributed by atoms with Crippen molar-refractivity contribution >= 4 is 23.5 Å². The van der Waals surface area contributed by atoms with Crippen molar-refractivity contribution in [3.63, 3.8) is 0 Å². The first-order valence-corrected chi connectivity index (χ1v) is 10.6. The van der Waals surface area contributed by atoms with Gasteiger partial charge >= 0.3 is 5.97 Å². The number of piperazine rings is 1. The summed E-state index contributed by atoms with van der Waals surface area (Å²) in [6.07, 6.45) is 0.773. The van der Waals surface area contributed by atoms with Crippen LogP contribution in [0.3, 0.4) is 0 Å². The average molecular weight is 425 g/mol. The van der Waals surface area contributed by atoms with E-state index in [2.05, 4.69) is 17.0 Å². The van der Waals surface area contributed by atoms with E-state index in [1.54, 1.807) is 35.1 Å². The first kappa shape index (κ1) is 21.0. The summed E-state index contributed by atoms with van der Waals surface area (Å²) < 4.78 is 10.7. The van der Waals surface area contributed by atoms with Crippen molar-refractivity contribution < 1.29 is 23.5 Å². The molecule has 3 heterocycles. The van der Waals surface area contributed by atoms with Gasteiger partial charge in [-0.05, 0) is 31.2 Å². The van der Waals surface area contributed by atoms with Crippen LogP contribution in [0.2, 0.25) is 0 Å². The molecule has 0 aliphatic carbocycles. The predicted molar refractivity (Wildman–Crippen MR) is 113 cm³/mol. The summed E-state index contributed by atoms with van der Waals surface area (Å²) in [6.45, 7) is 4.82. The number of anilines is 1. The minimum absolute atomic E-state index is 0.0935. The summed E-state index contributed by atoms with van der Waals surface area (Å²) in [5.41, 5.74) is 1.14. The van der Waals surface area contributed by atoms with Crippen molar-refractivity contribution in [2.45, 2.75) is 26.0 Å². The van der Waals surface area contributed by atoms with Gasteiger partial charge in [0.25, 0.3) is 5.91 Å². The molecule has 2 amide bonds. The lowest BCUT2D eigenvalue weighted by molar-refractivity contribution is -0.162. The van der Waals surface area contributed by atoms with Crippen LogP contribution in [0, 0.1) is 5.92 Å². The summed E-state index contributed by atoms with van der Waals surface area (Å²) in [4.78, 5) is 43.1. The Morgan fingerprint density at radius 1 is 1.10 bits per heavy atom. The highest BCUT2D eigenvalue weighted by atomic mass is 16.5. The van der Waals surface area contributed by atoms with Gasteiger partial charge in [0.2, 0.25) is 5.91 Å². The summed E-state index contributed by atoms with van der Waals surface area (Å²) in [5.74, 6) is -0.709. The number of esters is 1. The van der Waals surface area contributed by atoms with Crippen molar-refractivity contribution in [2.75, 3.05) is 37.6 Å². The van der Waals surface area contributed by atoms with Crippen molar-refractivity contribution in [3.8, 4) is 0 Å². The number of para-hydroxylation sites is 1. The summed E-state index contributed by atoms with van der Waals surface area (Å²) in [6, 6.07) is 13.6. The molecule has 0 unspecified atom stereocenters. The Morgan fingerprint density at radius 3 is 2.52 bits per heavy atom. The van der Waals surface area contributed by atoms with Crippen molar-refractivity contribution in [1.29, 1.82) is 0 Å². The molecule has 0 radical (unpaired) electrons. The molecule has 8 nitrogen and oxygen atoms in total. The number of furan rings is 1. The molecule has 1 aromatic heterocycles. The van der Waals surface area contributed by atoms with Crippen molar-refractivity contribution in [3.05, 3.63) is 54.5 Å². The standard InChI is InChI=1S/C23H27N3O5/c1-17(22(28)25-11-9-24(10-12-25)19-6-3-2-4-7-19)31-23(29)18-14-21(27)26(15-18)16-20-8-5-13-30-20/h2-8,13,17-18H,9-12,14-16H2,1H3/t17-,18+/m1/s1. The molecule has 0 N–H and O–H groups in total. The second-order valence-electron chi connectivity index (χ2n) is 7.98. The van der Waals surface area contributed by atoms with Gasteiger partial charge in [-0.1, -0.05) is 18.2 Å². The lowest BCUT2D eigenvalue weighted by Crippen LogP contribution is -2.51. The van der Waals surface area contributed by atoms with E-state index in [1.807, 2.05) is 18.2 Å². The van der Waals surface area contributed by atoms with E-state index in [4.69, 9.17) is 9.15 Å². The fourth-order valence-corrected chi connectivity index (χ4v) is 4.08. The molecular weight excluding hydrogens is 398 g/mol. The normalized spacial score (nSPS) is 20.1. The number of carbonyl (C=O) groups is 3. The fraction of sp³-hybridized carbons (Fsp3) is 0.435. The van der Waals surface area contributed by atoms with E-state index >= 15 is 0 Å². The van der Waals surface area contributed by atoms with E-state index in [-0.39, 0.29) is 24.8 Å². The quantitative estimate of drug-likeness (QED) is 0.658. The van der Waals surface area contributed by atoms with Crippen LogP contribution in [-0.4, -0.2) is 66.4 Å². The second kappa shape index (κ2) is 9.24. The van der Waals surface area contributed by atoms with E-state index in [0.717, 1.165) is 18.8 Å². The lowest BCUT2D eigenvalue weighted by atomic mass is 10.1. The van der Waals surface area contributed by atoms with E-state index in [0.29, 0.717) is 25.4 Å². The van der Waals surface area contributed by atoms with Gasteiger partial charge in [-0.3, -0.25) is 14.4 Å². The number of amides is 2. The zero-order chi connectivity index (χ0) is 21.8. The van der Waals surface area contributed by atoms with E-state index in [1.165, 1.54) is 0 Å². The Morgan fingerprint density at radius 2 is 1.84 bits per heavy atom. The molecule has 31 heavy (non-hydrogen) atoms. The maximum Gasteiger partial charge on any atom is 0.312 e.